The number of anilines is 1. The molecule has 6 nitrogen and oxygen atoms in total. The van der Waals surface area contributed by atoms with Crippen LogP contribution in [0.25, 0.3) is 11.3 Å². The molecule has 0 atom stereocenters. The van der Waals surface area contributed by atoms with Gasteiger partial charge in [-0.1, -0.05) is 0 Å². The van der Waals surface area contributed by atoms with E-state index in [9.17, 15) is 8.78 Å². The first-order chi connectivity index (χ1) is 10.6. The molecule has 0 aliphatic rings. The number of azo groups is 1. The van der Waals surface area contributed by atoms with Gasteiger partial charge < -0.3 is 5.73 Å². The second kappa shape index (κ2) is 5.68. The van der Waals surface area contributed by atoms with Crippen LogP contribution in [-0.2, 0) is 0 Å². The molecule has 0 aliphatic heterocycles. The Balaban J connectivity index is 1.97. The molecule has 110 valence electrons. The van der Waals surface area contributed by atoms with Crippen molar-refractivity contribution in [3.05, 3.63) is 54.4 Å². The van der Waals surface area contributed by atoms with Gasteiger partial charge in [-0.3, -0.25) is 10.1 Å². The lowest BCUT2D eigenvalue weighted by molar-refractivity contribution is 0.509. The smallest absolute Gasteiger partial charge is 0.173 e. The van der Waals surface area contributed by atoms with Crippen molar-refractivity contribution < 1.29 is 8.78 Å². The van der Waals surface area contributed by atoms with Gasteiger partial charge in [-0.25, -0.2) is 8.78 Å². The number of H-pyrrole nitrogens is 1. The quantitative estimate of drug-likeness (QED) is 0.721. The highest BCUT2D eigenvalue weighted by molar-refractivity contribution is 5.78. The zero-order chi connectivity index (χ0) is 15.5. The highest BCUT2D eigenvalue weighted by Crippen LogP contribution is 2.33. The Labute approximate surface area is 123 Å². The molecule has 22 heavy (non-hydrogen) atoms. The van der Waals surface area contributed by atoms with Crippen molar-refractivity contribution in [2.24, 2.45) is 10.2 Å². The van der Waals surface area contributed by atoms with Crippen LogP contribution in [0.1, 0.15) is 0 Å². The number of hydrogen-bond donors (Lipinski definition) is 2. The number of aromatic amines is 1. The maximum absolute atomic E-state index is 13.1. The van der Waals surface area contributed by atoms with E-state index >= 15 is 0 Å². The maximum Gasteiger partial charge on any atom is 0.173 e. The summed E-state index contributed by atoms with van der Waals surface area (Å²) in [5.41, 5.74) is 7.57. The third-order valence-electron chi connectivity index (χ3n) is 2.91. The number of benzene rings is 1. The molecule has 3 aromatic rings. The van der Waals surface area contributed by atoms with Crippen molar-refractivity contribution in [2.75, 3.05) is 5.73 Å². The van der Waals surface area contributed by atoms with Crippen molar-refractivity contribution in [1.82, 2.24) is 15.2 Å². The zero-order valence-corrected chi connectivity index (χ0v) is 11.2. The predicted octanol–water partition coefficient (Wildman–Crippen LogP) is 3.75. The highest BCUT2D eigenvalue weighted by Gasteiger charge is 2.12. The number of aromatic nitrogens is 3. The van der Waals surface area contributed by atoms with Crippen LogP contribution in [0, 0.1) is 11.6 Å². The predicted molar refractivity (Wildman–Crippen MR) is 76.8 cm³/mol. The number of nitrogen functional groups attached to an aromatic ring is 1. The van der Waals surface area contributed by atoms with Gasteiger partial charge in [-0.15, -0.1) is 5.11 Å². The van der Waals surface area contributed by atoms with Crippen molar-refractivity contribution in [2.45, 2.75) is 0 Å². The van der Waals surface area contributed by atoms with Gasteiger partial charge in [-0.2, -0.15) is 10.2 Å². The first kappa shape index (κ1) is 13.8. The van der Waals surface area contributed by atoms with E-state index in [1.807, 2.05) is 0 Å². The second-order valence-corrected chi connectivity index (χ2v) is 4.37. The molecular formula is C14H10F2N6. The largest absolute Gasteiger partial charge is 0.380 e. The van der Waals surface area contributed by atoms with Gasteiger partial charge in [-0.05, 0) is 24.3 Å². The number of nitrogens with one attached hydrogen (secondary N) is 1. The topological polar surface area (TPSA) is 92.3 Å². The Morgan fingerprint density at radius 1 is 1.00 bits per heavy atom. The molecule has 3 N–H and O–H groups in total. The highest BCUT2D eigenvalue weighted by atomic mass is 19.2. The molecule has 0 fully saturated rings. The molecule has 0 radical (unpaired) electrons. The van der Waals surface area contributed by atoms with Crippen LogP contribution in [-0.4, -0.2) is 15.2 Å². The van der Waals surface area contributed by atoms with Crippen LogP contribution in [0.5, 0.6) is 0 Å². The van der Waals surface area contributed by atoms with Gasteiger partial charge in [0.1, 0.15) is 0 Å². The van der Waals surface area contributed by atoms with Crippen LogP contribution in [0.3, 0.4) is 0 Å². The van der Waals surface area contributed by atoms with Gasteiger partial charge in [0.2, 0.25) is 0 Å². The lowest BCUT2D eigenvalue weighted by Gasteiger charge is -1.98. The van der Waals surface area contributed by atoms with E-state index in [1.54, 1.807) is 24.5 Å². The van der Waals surface area contributed by atoms with Gasteiger partial charge in [0.15, 0.2) is 23.1 Å². The summed E-state index contributed by atoms with van der Waals surface area (Å²) in [4.78, 5) is 3.92. The van der Waals surface area contributed by atoms with E-state index in [-0.39, 0.29) is 11.5 Å². The van der Waals surface area contributed by atoms with E-state index < -0.39 is 11.6 Å². The Kier molecular flexibility index (Phi) is 3.57. The van der Waals surface area contributed by atoms with E-state index in [0.717, 1.165) is 17.7 Å². The molecule has 2 heterocycles. The molecule has 0 saturated heterocycles. The number of rotatable bonds is 3. The molecular weight excluding hydrogens is 290 g/mol. The second-order valence-electron chi connectivity index (χ2n) is 4.37. The van der Waals surface area contributed by atoms with Crippen molar-refractivity contribution in [1.29, 1.82) is 0 Å². The van der Waals surface area contributed by atoms with Crippen LogP contribution in [0.4, 0.5) is 26.0 Å². The number of nitrogens with two attached hydrogens (primary N) is 1. The average Bonchev–Trinajstić information content (AvgIpc) is 2.90. The van der Waals surface area contributed by atoms with Crippen LogP contribution >= 0.6 is 0 Å². The SMILES string of the molecule is Nc1n[nH]c(-c2ccncc2)c1N=Nc1ccc(F)c(F)c1. The minimum atomic E-state index is -0.994. The van der Waals surface area contributed by atoms with Gasteiger partial charge in [0.25, 0.3) is 0 Å². The Hall–Kier alpha value is -3.16. The molecule has 0 unspecified atom stereocenters. The number of hydrogen-bond acceptors (Lipinski definition) is 5. The molecule has 1 aromatic carbocycles. The summed E-state index contributed by atoms with van der Waals surface area (Å²) in [6.45, 7) is 0. The van der Waals surface area contributed by atoms with Gasteiger partial charge in [0, 0.05) is 24.0 Å². The molecule has 0 spiro atoms. The van der Waals surface area contributed by atoms with Crippen molar-refractivity contribution >= 4 is 17.2 Å². The fourth-order valence-corrected chi connectivity index (χ4v) is 1.83. The fraction of sp³-hybridized carbons (Fsp3) is 0. The van der Waals surface area contributed by atoms with E-state index in [1.165, 1.54) is 6.07 Å². The first-order valence-electron chi connectivity index (χ1n) is 6.26. The van der Waals surface area contributed by atoms with Crippen LogP contribution < -0.4 is 5.73 Å². The lowest BCUT2D eigenvalue weighted by Crippen LogP contribution is -1.83. The summed E-state index contributed by atoms with van der Waals surface area (Å²) in [5, 5.41) is 14.5. The summed E-state index contributed by atoms with van der Waals surface area (Å²) in [5.74, 6) is -1.79. The maximum atomic E-state index is 13.1. The molecule has 0 amide bonds. The molecule has 2 aromatic heterocycles. The fourth-order valence-electron chi connectivity index (χ4n) is 1.83. The third-order valence-corrected chi connectivity index (χ3v) is 2.91. The first-order valence-corrected chi connectivity index (χ1v) is 6.26. The minimum Gasteiger partial charge on any atom is -0.380 e. The van der Waals surface area contributed by atoms with E-state index in [0.29, 0.717) is 11.4 Å². The minimum absolute atomic E-state index is 0.151. The van der Waals surface area contributed by atoms with Gasteiger partial charge in [0.05, 0.1) is 11.4 Å². The van der Waals surface area contributed by atoms with Gasteiger partial charge >= 0.3 is 0 Å². The summed E-state index contributed by atoms with van der Waals surface area (Å²) in [6.07, 6.45) is 3.23. The summed E-state index contributed by atoms with van der Waals surface area (Å²) in [7, 11) is 0. The van der Waals surface area contributed by atoms with Crippen LogP contribution in [0.15, 0.2) is 53.0 Å². The molecule has 3 rings (SSSR count). The van der Waals surface area contributed by atoms with E-state index in [2.05, 4.69) is 25.4 Å². The summed E-state index contributed by atoms with van der Waals surface area (Å²) >= 11 is 0. The number of nitrogens with zero attached hydrogens (tertiary/aromatic N) is 4. The Morgan fingerprint density at radius 3 is 2.50 bits per heavy atom. The molecule has 0 saturated carbocycles. The molecule has 0 bridgehead atoms. The third kappa shape index (κ3) is 2.66. The Morgan fingerprint density at radius 2 is 1.77 bits per heavy atom. The zero-order valence-electron chi connectivity index (χ0n) is 11.2. The lowest BCUT2D eigenvalue weighted by atomic mass is 10.2. The van der Waals surface area contributed by atoms with E-state index in [4.69, 9.17) is 5.73 Å². The number of halogens is 2. The normalized spacial score (nSPS) is 11.2. The average molecular weight is 300 g/mol. The van der Waals surface area contributed by atoms with Crippen molar-refractivity contribution in [3.8, 4) is 11.3 Å². The summed E-state index contributed by atoms with van der Waals surface area (Å²) < 4.78 is 26.0. The molecule has 8 heteroatoms. The monoisotopic (exact) mass is 300 g/mol. The number of pyridine rings is 1. The summed E-state index contributed by atoms with van der Waals surface area (Å²) in [6, 6.07) is 6.74. The van der Waals surface area contributed by atoms with Crippen LogP contribution in [0.2, 0.25) is 0 Å². The Bertz CT molecular complexity index is 829. The van der Waals surface area contributed by atoms with Crippen molar-refractivity contribution in [3.63, 3.8) is 0 Å². The molecule has 0 aliphatic carbocycles. The standard InChI is InChI=1S/C14H10F2N6/c15-10-2-1-9(7-11(10)16)19-21-13-12(20-22-14(13)17)8-3-5-18-6-4-8/h1-7H,(H3,17,20,22).